The summed E-state index contributed by atoms with van der Waals surface area (Å²) in [5.74, 6) is 0.537. The van der Waals surface area contributed by atoms with Crippen molar-refractivity contribution in [2.45, 2.75) is 32.6 Å². The normalized spacial score (nSPS) is 17.4. The van der Waals surface area contributed by atoms with Gasteiger partial charge in [-0.05, 0) is 26.7 Å². The first-order valence-electron chi connectivity index (χ1n) is 6.33. The van der Waals surface area contributed by atoms with Crippen molar-refractivity contribution in [1.29, 1.82) is 0 Å². The smallest absolute Gasteiger partial charge is 0.154 e. The van der Waals surface area contributed by atoms with Crippen LogP contribution in [0.15, 0.2) is 6.07 Å². The van der Waals surface area contributed by atoms with Crippen LogP contribution in [0.25, 0.3) is 5.65 Å². The van der Waals surface area contributed by atoms with E-state index in [9.17, 15) is 0 Å². The molecule has 0 amide bonds. The number of hydrogen-bond acceptors (Lipinski definition) is 3. The number of ether oxygens (including phenoxy) is 1. The van der Waals surface area contributed by atoms with E-state index in [1.165, 1.54) is 5.69 Å². The Bertz CT molecular complexity index is 637. The molecule has 0 unspecified atom stereocenters. The Morgan fingerprint density at radius 3 is 2.83 bits per heavy atom. The summed E-state index contributed by atoms with van der Waals surface area (Å²) < 4.78 is 8.15. The second-order valence-electron chi connectivity index (χ2n) is 4.92. The summed E-state index contributed by atoms with van der Waals surface area (Å²) in [6, 6.07) is 2.12. The molecule has 0 aromatic carbocycles. The van der Waals surface area contributed by atoms with Crippen molar-refractivity contribution in [2.24, 2.45) is 0 Å². The van der Waals surface area contributed by atoms with Crippen molar-refractivity contribution in [3.63, 3.8) is 0 Å². The number of hydrogen-bond donors (Lipinski definition) is 1. The lowest BCUT2D eigenvalue weighted by molar-refractivity contribution is 0.0844. The van der Waals surface area contributed by atoms with Gasteiger partial charge in [0.1, 0.15) is 4.64 Å². The van der Waals surface area contributed by atoms with Gasteiger partial charge in [0.2, 0.25) is 0 Å². The van der Waals surface area contributed by atoms with Crippen LogP contribution in [0.5, 0.6) is 0 Å². The molecular formula is C13H17N3OS. The van der Waals surface area contributed by atoms with Crippen molar-refractivity contribution in [1.82, 2.24) is 14.6 Å². The molecule has 5 heteroatoms. The molecule has 0 saturated carbocycles. The van der Waals surface area contributed by atoms with Crippen LogP contribution in [0.4, 0.5) is 0 Å². The number of fused-ring (bicyclic) bond motifs is 1. The minimum absolute atomic E-state index is 0.537. The van der Waals surface area contributed by atoms with E-state index in [1.54, 1.807) is 0 Å². The Balaban J connectivity index is 2.10. The maximum absolute atomic E-state index is 5.46. The molecule has 2 aromatic rings. The number of rotatable bonds is 1. The SMILES string of the molecule is Cc1nc2cc(C3CCOCC3)[nH]n2c(=S)c1C. The number of aromatic nitrogens is 3. The lowest BCUT2D eigenvalue weighted by Gasteiger charge is -2.20. The first-order chi connectivity index (χ1) is 8.66. The van der Waals surface area contributed by atoms with Gasteiger partial charge >= 0.3 is 0 Å². The van der Waals surface area contributed by atoms with Crippen LogP contribution >= 0.6 is 12.2 Å². The molecule has 3 rings (SSSR count). The second-order valence-corrected chi connectivity index (χ2v) is 5.31. The number of H-pyrrole nitrogens is 1. The van der Waals surface area contributed by atoms with Crippen LogP contribution in [-0.4, -0.2) is 27.8 Å². The zero-order valence-electron chi connectivity index (χ0n) is 10.7. The maximum Gasteiger partial charge on any atom is 0.154 e. The molecule has 18 heavy (non-hydrogen) atoms. The number of nitrogens with one attached hydrogen (secondary N) is 1. The van der Waals surface area contributed by atoms with Gasteiger partial charge in [-0.3, -0.25) is 5.10 Å². The molecule has 0 spiro atoms. The fourth-order valence-electron chi connectivity index (χ4n) is 2.46. The molecule has 0 aliphatic carbocycles. The Labute approximate surface area is 111 Å². The average Bonchev–Trinajstić information content (AvgIpc) is 2.81. The molecule has 1 aliphatic rings. The third-order valence-electron chi connectivity index (χ3n) is 3.76. The van der Waals surface area contributed by atoms with Crippen LogP contribution in [0.3, 0.4) is 0 Å². The monoisotopic (exact) mass is 263 g/mol. The third-order valence-corrected chi connectivity index (χ3v) is 4.25. The highest BCUT2D eigenvalue weighted by Crippen LogP contribution is 2.26. The lowest BCUT2D eigenvalue weighted by atomic mass is 9.97. The molecule has 3 heterocycles. The van der Waals surface area contributed by atoms with Gasteiger partial charge in [0.05, 0.1) is 0 Å². The van der Waals surface area contributed by atoms with E-state index in [-0.39, 0.29) is 0 Å². The van der Waals surface area contributed by atoms with Crippen molar-refractivity contribution in [3.8, 4) is 0 Å². The molecule has 0 bridgehead atoms. The Hall–Kier alpha value is -1.20. The highest BCUT2D eigenvalue weighted by atomic mass is 32.1. The lowest BCUT2D eigenvalue weighted by Crippen LogP contribution is -2.14. The molecule has 0 atom stereocenters. The summed E-state index contributed by atoms with van der Waals surface area (Å²) >= 11 is 5.46. The highest BCUT2D eigenvalue weighted by molar-refractivity contribution is 7.71. The zero-order valence-corrected chi connectivity index (χ0v) is 11.5. The summed E-state index contributed by atoms with van der Waals surface area (Å²) in [5, 5.41) is 3.40. The Morgan fingerprint density at radius 2 is 2.11 bits per heavy atom. The minimum atomic E-state index is 0.537. The number of aromatic amines is 1. The van der Waals surface area contributed by atoms with E-state index >= 15 is 0 Å². The fourth-order valence-corrected chi connectivity index (χ4v) is 2.74. The van der Waals surface area contributed by atoms with Crippen LogP contribution < -0.4 is 0 Å². The van der Waals surface area contributed by atoms with Crippen LogP contribution in [0.2, 0.25) is 0 Å². The van der Waals surface area contributed by atoms with E-state index in [2.05, 4.69) is 16.1 Å². The van der Waals surface area contributed by atoms with Crippen molar-refractivity contribution < 1.29 is 4.74 Å². The molecule has 1 aliphatic heterocycles. The summed E-state index contributed by atoms with van der Waals surface area (Å²) in [7, 11) is 0. The Kier molecular flexibility index (Phi) is 2.95. The van der Waals surface area contributed by atoms with Crippen LogP contribution in [-0.2, 0) is 4.74 Å². The summed E-state index contributed by atoms with van der Waals surface area (Å²) in [4.78, 5) is 4.59. The number of aryl methyl sites for hydroxylation is 1. The third kappa shape index (κ3) is 1.87. The molecule has 2 aromatic heterocycles. The first kappa shape index (κ1) is 11.9. The van der Waals surface area contributed by atoms with E-state index in [4.69, 9.17) is 17.0 Å². The van der Waals surface area contributed by atoms with Crippen LogP contribution in [0.1, 0.15) is 35.7 Å². The quantitative estimate of drug-likeness (QED) is 0.804. The predicted octanol–water partition coefficient (Wildman–Crippen LogP) is 2.90. The standard InChI is InChI=1S/C13H17N3OS/c1-8-9(2)14-12-7-11(15-16(12)13(8)18)10-3-5-17-6-4-10/h7,10,15H,3-6H2,1-2H3. The Morgan fingerprint density at radius 1 is 1.39 bits per heavy atom. The molecule has 0 radical (unpaired) electrons. The molecule has 1 saturated heterocycles. The summed E-state index contributed by atoms with van der Waals surface area (Å²) in [6.07, 6.45) is 2.14. The zero-order chi connectivity index (χ0) is 12.7. The van der Waals surface area contributed by atoms with Gasteiger partial charge in [-0.1, -0.05) is 12.2 Å². The predicted molar refractivity (Wildman–Crippen MR) is 72.6 cm³/mol. The van der Waals surface area contributed by atoms with Gasteiger partial charge < -0.3 is 4.74 Å². The molecule has 4 nitrogen and oxygen atoms in total. The van der Waals surface area contributed by atoms with Crippen LogP contribution in [0, 0.1) is 18.5 Å². The van der Waals surface area contributed by atoms with E-state index in [1.807, 2.05) is 18.4 Å². The minimum Gasteiger partial charge on any atom is -0.381 e. The van der Waals surface area contributed by atoms with Crippen molar-refractivity contribution in [3.05, 3.63) is 27.7 Å². The second kappa shape index (κ2) is 4.48. The maximum atomic E-state index is 5.46. The van der Waals surface area contributed by atoms with Gasteiger partial charge in [-0.15, -0.1) is 0 Å². The van der Waals surface area contributed by atoms with Gasteiger partial charge in [-0.2, -0.15) is 0 Å². The summed E-state index contributed by atoms with van der Waals surface area (Å²) in [5.41, 5.74) is 4.23. The van der Waals surface area contributed by atoms with E-state index < -0.39 is 0 Å². The van der Waals surface area contributed by atoms with Crippen molar-refractivity contribution >= 4 is 17.9 Å². The molecule has 1 N–H and O–H groups in total. The molecular weight excluding hydrogens is 246 g/mol. The molecule has 1 fully saturated rings. The average molecular weight is 263 g/mol. The van der Waals surface area contributed by atoms with Gasteiger partial charge in [0.15, 0.2) is 5.65 Å². The largest absolute Gasteiger partial charge is 0.381 e. The topological polar surface area (TPSA) is 42.3 Å². The first-order valence-corrected chi connectivity index (χ1v) is 6.74. The van der Waals surface area contributed by atoms with Gasteiger partial charge in [0, 0.05) is 42.1 Å². The van der Waals surface area contributed by atoms with E-state index in [0.29, 0.717) is 5.92 Å². The van der Waals surface area contributed by atoms with Gasteiger partial charge in [-0.25, -0.2) is 9.50 Å². The van der Waals surface area contributed by atoms with E-state index in [0.717, 1.165) is 47.6 Å². The summed E-state index contributed by atoms with van der Waals surface area (Å²) in [6.45, 7) is 5.71. The highest BCUT2D eigenvalue weighted by Gasteiger charge is 2.18. The number of nitrogens with zero attached hydrogens (tertiary/aromatic N) is 2. The van der Waals surface area contributed by atoms with Gasteiger partial charge in [0.25, 0.3) is 0 Å². The fraction of sp³-hybridized carbons (Fsp3) is 0.538. The van der Waals surface area contributed by atoms with Crippen molar-refractivity contribution in [2.75, 3.05) is 13.2 Å². The molecule has 96 valence electrons.